The van der Waals surface area contributed by atoms with E-state index in [0.29, 0.717) is 11.5 Å². The van der Waals surface area contributed by atoms with E-state index in [9.17, 15) is 9.18 Å². The fourth-order valence-electron chi connectivity index (χ4n) is 2.49. The van der Waals surface area contributed by atoms with E-state index in [4.69, 9.17) is 4.74 Å². The number of ether oxygens (including phenoxy) is 1. The number of hydrogen-bond acceptors (Lipinski definition) is 3. The average molecular weight is 317 g/mol. The van der Waals surface area contributed by atoms with Crippen LogP contribution in [-0.4, -0.2) is 32.1 Å². The molecule has 1 heterocycles. The van der Waals surface area contributed by atoms with Gasteiger partial charge in [-0.3, -0.25) is 4.79 Å². The molecule has 6 heteroatoms. The normalized spacial score (nSPS) is 21.3. The summed E-state index contributed by atoms with van der Waals surface area (Å²) in [7, 11) is 1.42. The van der Waals surface area contributed by atoms with Crippen LogP contribution in [0.15, 0.2) is 18.2 Å². The third-order valence-corrected chi connectivity index (χ3v) is 3.71. The van der Waals surface area contributed by atoms with Crippen molar-refractivity contribution in [2.75, 3.05) is 20.2 Å². The summed E-state index contributed by atoms with van der Waals surface area (Å²) in [6.07, 6.45) is 1.13. The minimum absolute atomic E-state index is 0. The molecule has 1 saturated heterocycles. The molecule has 2 N–H and O–H groups in total. The first-order valence-electron chi connectivity index (χ1n) is 6.92. The van der Waals surface area contributed by atoms with Crippen LogP contribution in [-0.2, 0) is 11.2 Å². The van der Waals surface area contributed by atoms with E-state index >= 15 is 0 Å². The number of carbonyl (C=O) groups excluding carboxylic acids is 1. The Labute approximate surface area is 130 Å². The van der Waals surface area contributed by atoms with Crippen molar-refractivity contribution in [3.63, 3.8) is 0 Å². The Morgan fingerprint density at radius 1 is 1.52 bits per heavy atom. The lowest BCUT2D eigenvalue weighted by Crippen LogP contribution is -2.48. The molecule has 0 bridgehead atoms. The molecule has 0 saturated carbocycles. The molecule has 2 unspecified atom stereocenters. The van der Waals surface area contributed by atoms with E-state index < -0.39 is 5.82 Å². The van der Waals surface area contributed by atoms with Gasteiger partial charge >= 0.3 is 0 Å². The predicted molar refractivity (Wildman–Crippen MR) is 82.5 cm³/mol. The minimum Gasteiger partial charge on any atom is -0.494 e. The summed E-state index contributed by atoms with van der Waals surface area (Å²) in [6, 6.07) is 4.81. The minimum atomic E-state index is -0.437. The SMILES string of the molecule is COc1ccc(CC(=O)NC2CCNCC2C)cc1F.Cl. The van der Waals surface area contributed by atoms with Crippen LogP contribution in [0.4, 0.5) is 4.39 Å². The van der Waals surface area contributed by atoms with Gasteiger partial charge in [-0.05, 0) is 43.1 Å². The molecule has 4 nitrogen and oxygen atoms in total. The molecule has 0 aliphatic carbocycles. The first kappa shape index (κ1) is 17.7. The fourth-order valence-corrected chi connectivity index (χ4v) is 2.49. The number of piperidine rings is 1. The lowest BCUT2D eigenvalue weighted by atomic mass is 9.95. The van der Waals surface area contributed by atoms with Gasteiger partial charge in [-0.25, -0.2) is 4.39 Å². The van der Waals surface area contributed by atoms with Gasteiger partial charge in [0.05, 0.1) is 13.5 Å². The van der Waals surface area contributed by atoms with Crippen molar-refractivity contribution in [2.45, 2.75) is 25.8 Å². The maximum absolute atomic E-state index is 13.6. The van der Waals surface area contributed by atoms with Gasteiger partial charge in [-0.1, -0.05) is 13.0 Å². The largest absolute Gasteiger partial charge is 0.494 e. The van der Waals surface area contributed by atoms with E-state index in [1.54, 1.807) is 12.1 Å². The summed E-state index contributed by atoms with van der Waals surface area (Å²) in [5.74, 6) is 0.114. The monoisotopic (exact) mass is 316 g/mol. The zero-order chi connectivity index (χ0) is 14.5. The highest BCUT2D eigenvalue weighted by molar-refractivity contribution is 5.85. The van der Waals surface area contributed by atoms with Crippen LogP contribution in [0.5, 0.6) is 5.75 Å². The number of benzene rings is 1. The van der Waals surface area contributed by atoms with E-state index in [1.165, 1.54) is 13.2 Å². The lowest BCUT2D eigenvalue weighted by molar-refractivity contribution is -0.121. The quantitative estimate of drug-likeness (QED) is 0.892. The lowest BCUT2D eigenvalue weighted by Gasteiger charge is -2.30. The van der Waals surface area contributed by atoms with Crippen LogP contribution in [0.3, 0.4) is 0 Å². The Bertz CT molecular complexity index is 485. The summed E-state index contributed by atoms with van der Waals surface area (Å²) in [6.45, 7) is 3.96. The van der Waals surface area contributed by atoms with Crippen molar-refractivity contribution in [3.8, 4) is 5.75 Å². The molecule has 0 aromatic heterocycles. The number of rotatable bonds is 4. The number of amides is 1. The highest BCUT2D eigenvalue weighted by Crippen LogP contribution is 2.18. The Morgan fingerprint density at radius 3 is 2.90 bits per heavy atom. The summed E-state index contributed by atoms with van der Waals surface area (Å²) in [4.78, 5) is 12.0. The number of methoxy groups -OCH3 is 1. The van der Waals surface area contributed by atoms with E-state index in [-0.39, 0.29) is 36.5 Å². The topological polar surface area (TPSA) is 50.4 Å². The molecule has 1 fully saturated rings. The molecule has 118 valence electrons. The second kappa shape index (κ2) is 8.20. The van der Waals surface area contributed by atoms with Crippen molar-refractivity contribution in [3.05, 3.63) is 29.6 Å². The van der Waals surface area contributed by atoms with Gasteiger partial charge in [0.2, 0.25) is 5.91 Å². The second-order valence-electron chi connectivity index (χ2n) is 5.29. The third-order valence-electron chi connectivity index (χ3n) is 3.71. The second-order valence-corrected chi connectivity index (χ2v) is 5.29. The van der Waals surface area contributed by atoms with E-state index in [1.807, 2.05) is 0 Å². The molecule has 0 spiro atoms. The van der Waals surface area contributed by atoms with Gasteiger partial charge in [-0.2, -0.15) is 0 Å². The molecular weight excluding hydrogens is 295 g/mol. The first-order valence-corrected chi connectivity index (χ1v) is 6.92. The van der Waals surface area contributed by atoms with Gasteiger partial charge in [0.15, 0.2) is 11.6 Å². The molecule has 1 amide bonds. The molecule has 2 rings (SSSR count). The molecule has 21 heavy (non-hydrogen) atoms. The van der Waals surface area contributed by atoms with Gasteiger partial charge in [0.1, 0.15) is 0 Å². The number of halogens is 2. The van der Waals surface area contributed by atoms with Crippen LogP contribution in [0, 0.1) is 11.7 Å². The highest BCUT2D eigenvalue weighted by atomic mass is 35.5. The number of carbonyl (C=O) groups is 1. The molecule has 2 atom stereocenters. The van der Waals surface area contributed by atoms with Crippen molar-refractivity contribution in [1.82, 2.24) is 10.6 Å². The van der Waals surface area contributed by atoms with Gasteiger partial charge in [0.25, 0.3) is 0 Å². The Balaban J connectivity index is 0.00000220. The third kappa shape index (κ3) is 4.86. The summed E-state index contributed by atoms with van der Waals surface area (Å²) in [5, 5.41) is 6.33. The standard InChI is InChI=1S/C15H21FN2O2.ClH/c1-10-9-17-6-5-13(10)18-15(19)8-11-3-4-14(20-2)12(16)7-11;/h3-4,7,10,13,17H,5-6,8-9H2,1-2H3,(H,18,19);1H. The molecule has 1 aliphatic heterocycles. The van der Waals surface area contributed by atoms with Gasteiger partial charge in [0, 0.05) is 6.04 Å². The Kier molecular flexibility index (Phi) is 6.92. The molecular formula is C15H22ClFN2O2. The van der Waals surface area contributed by atoms with Gasteiger partial charge in [-0.15, -0.1) is 12.4 Å². The predicted octanol–water partition coefficient (Wildman–Crippen LogP) is 1.91. The molecule has 1 aromatic rings. The maximum Gasteiger partial charge on any atom is 0.224 e. The summed E-state index contributed by atoms with van der Waals surface area (Å²) < 4.78 is 18.4. The van der Waals surface area contributed by atoms with Crippen molar-refractivity contribution in [1.29, 1.82) is 0 Å². The Morgan fingerprint density at radius 2 is 2.29 bits per heavy atom. The van der Waals surface area contributed by atoms with Crippen LogP contribution >= 0.6 is 12.4 Å². The van der Waals surface area contributed by atoms with Crippen molar-refractivity contribution < 1.29 is 13.9 Å². The van der Waals surface area contributed by atoms with Crippen molar-refractivity contribution >= 4 is 18.3 Å². The van der Waals surface area contributed by atoms with Gasteiger partial charge < -0.3 is 15.4 Å². The van der Waals surface area contributed by atoms with E-state index in [2.05, 4.69) is 17.6 Å². The number of hydrogen-bond donors (Lipinski definition) is 2. The maximum atomic E-state index is 13.6. The Hall–Kier alpha value is -1.33. The highest BCUT2D eigenvalue weighted by Gasteiger charge is 2.22. The number of nitrogens with one attached hydrogen (secondary N) is 2. The van der Waals surface area contributed by atoms with E-state index in [0.717, 1.165) is 19.5 Å². The fraction of sp³-hybridized carbons (Fsp3) is 0.533. The van der Waals surface area contributed by atoms with Crippen LogP contribution in [0.25, 0.3) is 0 Å². The van der Waals surface area contributed by atoms with Crippen LogP contribution < -0.4 is 15.4 Å². The van der Waals surface area contributed by atoms with Crippen LogP contribution in [0.2, 0.25) is 0 Å². The van der Waals surface area contributed by atoms with Crippen LogP contribution in [0.1, 0.15) is 18.9 Å². The first-order chi connectivity index (χ1) is 9.60. The zero-order valence-corrected chi connectivity index (χ0v) is 13.1. The molecule has 1 aromatic carbocycles. The van der Waals surface area contributed by atoms with Crippen molar-refractivity contribution in [2.24, 2.45) is 5.92 Å². The zero-order valence-electron chi connectivity index (χ0n) is 12.3. The summed E-state index contributed by atoms with van der Waals surface area (Å²) >= 11 is 0. The summed E-state index contributed by atoms with van der Waals surface area (Å²) in [5.41, 5.74) is 0.655. The smallest absolute Gasteiger partial charge is 0.224 e. The molecule has 0 radical (unpaired) electrons. The molecule has 1 aliphatic rings. The average Bonchev–Trinajstić information content (AvgIpc) is 2.41.